The normalized spacial score (nSPS) is 13.4. The molecule has 4 unspecified atom stereocenters. The van der Waals surface area contributed by atoms with Gasteiger partial charge in [-0.1, -0.05) is 406 Å². The zero-order valence-electron chi connectivity index (χ0n) is 52.8. The third-order valence-corrected chi connectivity index (χ3v) is 17.6. The van der Waals surface area contributed by atoms with Gasteiger partial charge in [0, 0.05) is 0 Å². The average molecular weight is 1090 g/mol. The molecule has 0 fully saturated rings. The molecule has 0 saturated heterocycles. The Kier molecular flexibility index (Phi) is 65.5. The van der Waals surface area contributed by atoms with E-state index in [4.69, 9.17) is 0 Å². The van der Waals surface area contributed by atoms with E-state index in [1.165, 1.54) is 353 Å². The van der Waals surface area contributed by atoms with Crippen LogP contribution in [0.5, 0.6) is 0 Å². The van der Waals surface area contributed by atoms with Crippen LogP contribution in [0.2, 0.25) is 0 Å². The van der Waals surface area contributed by atoms with Gasteiger partial charge in [0.05, 0.1) is 18.8 Å². The highest BCUT2D eigenvalue weighted by atomic mass is 16.3. The lowest BCUT2D eigenvalue weighted by atomic mass is 9.99. The summed E-state index contributed by atoms with van der Waals surface area (Å²) < 4.78 is 0. The van der Waals surface area contributed by atoms with E-state index in [1.807, 2.05) is 0 Å². The standard InChI is InChI=1S/C71H143NO5/c1-3-5-7-9-11-13-15-17-19-21-23-25-27-29-31-33-34-35-37-39-41-43-45-47-49-51-53-55-57-59-61-63-65-69(75)71(77)72-67(66-73)70(76)68(74)64-62-60-58-56-54-52-50-48-46-44-42-40-38-36-32-30-28-26-24-22-20-18-16-14-12-10-8-6-4-2/h67-70,73-76H,3-66H2,1-2H3,(H,72,77). The molecule has 1 amide bonds. The van der Waals surface area contributed by atoms with Crippen LogP contribution in [0.15, 0.2) is 0 Å². The first kappa shape index (κ1) is 76.3. The van der Waals surface area contributed by atoms with Crippen molar-refractivity contribution < 1.29 is 25.2 Å². The zero-order valence-corrected chi connectivity index (χ0v) is 52.8. The fourth-order valence-electron chi connectivity index (χ4n) is 12.0. The van der Waals surface area contributed by atoms with Crippen LogP contribution < -0.4 is 5.32 Å². The zero-order chi connectivity index (χ0) is 55.8. The van der Waals surface area contributed by atoms with Crippen LogP contribution in [0.25, 0.3) is 0 Å². The molecular formula is C71H143NO5. The Morgan fingerprint density at radius 1 is 0.273 bits per heavy atom. The van der Waals surface area contributed by atoms with Crippen LogP contribution in [0.3, 0.4) is 0 Å². The number of aliphatic hydroxyl groups is 4. The second-order valence-electron chi connectivity index (χ2n) is 25.3. The molecule has 6 nitrogen and oxygen atoms in total. The first-order valence-corrected chi connectivity index (χ1v) is 35.9. The molecule has 0 aromatic rings. The van der Waals surface area contributed by atoms with Crippen molar-refractivity contribution in [1.29, 1.82) is 0 Å². The number of aliphatic hydroxyl groups excluding tert-OH is 4. The predicted molar refractivity (Wildman–Crippen MR) is 339 cm³/mol. The largest absolute Gasteiger partial charge is 0.394 e. The van der Waals surface area contributed by atoms with E-state index in [0.29, 0.717) is 12.8 Å². The molecule has 0 radical (unpaired) electrons. The summed E-state index contributed by atoms with van der Waals surface area (Å²) >= 11 is 0. The molecule has 0 aromatic heterocycles. The van der Waals surface area contributed by atoms with Gasteiger partial charge in [-0.05, 0) is 12.8 Å². The van der Waals surface area contributed by atoms with Crippen molar-refractivity contribution in [1.82, 2.24) is 5.32 Å². The van der Waals surface area contributed by atoms with Crippen LogP contribution in [0, 0.1) is 0 Å². The molecule has 0 aliphatic rings. The van der Waals surface area contributed by atoms with Crippen molar-refractivity contribution in [2.45, 2.75) is 443 Å². The lowest BCUT2D eigenvalue weighted by Crippen LogP contribution is -2.53. The number of carbonyl (C=O) groups excluding carboxylic acids is 1. The highest BCUT2D eigenvalue weighted by molar-refractivity contribution is 5.80. The third kappa shape index (κ3) is 59.7. The van der Waals surface area contributed by atoms with Gasteiger partial charge in [-0.2, -0.15) is 0 Å². The van der Waals surface area contributed by atoms with E-state index >= 15 is 0 Å². The van der Waals surface area contributed by atoms with Crippen molar-refractivity contribution in [3.63, 3.8) is 0 Å². The first-order valence-electron chi connectivity index (χ1n) is 35.9. The number of hydrogen-bond donors (Lipinski definition) is 5. The van der Waals surface area contributed by atoms with E-state index in [9.17, 15) is 25.2 Å². The maximum absolute atomic E-state index is 12.7. The summed E-state index contributed by atoms with van der Waals surface area (Å²) in [5.41, 5.74) is 0. The van der Waals surface area contributed by atoms with E-state index in [2.05, 4.69) is 19.2 Å². The van der Waals surface area contributed by atoms with E-state index in [0.717, 1.165) is 38.5 Å². The molecule has 6 heteroatoms. The van der Waals surface area contributed by atoms with Crippen molar-refractivity contribution >= 4 is 5.91 Å². The summed E-state index contributed by atoms with van der Waals surface area (Å²) in [5.74, 6) is -0.572. The Hall–Kier alpha value is -0.690. The van der Waals surface area contributed by atoms with Gasteiger partial charge in [0.25, 0.3) is 0 Å². The maximum Gasteiger partial charge on any atom is 0.249 e. The Bertz CT molecular complexity index is 1090. The van der Waals surface area contributed by atoms with Gasteiger partial charge in [0.2, 0.25) is 5.91 Å². The summed E-state index contributed by atoms with van der Waals surface area (Å²) in [6.07, 6.45) is 81.0. The second kappa shape index (κ2) is 66.1. The number of rotatable bonds is 68. The predicted octanol–water partition coefficient (Wildman–Crippen LogP) is 22.2. The highest BCUT2D eigenvalue weighted by Crippen LogP contribution is 2.20. The van der Waals surface area contributed by atoms with Crippen LogP contribution >= 0.6 is 0 Å². The highest BCUT2D eigenvalue weighted by Gasteiger charge is 2.28. The quantitative estimate of drug-likeness (QED) is 0.0390. The van der Waals surface area contributed by atoms with Gasteiger partial charge >= 0.3 is 0 Å². The minimum atomic E-state index is -1.26. The van der Waals surface area contributed by atoms with Gasteiger partial charge in [0.1, 0.15) is 12.2 Å². The molecule has 0 aliphatic heterocycles. The molecule has 5 N–H and O–H groups in total. The molecule has 0 aliphatic carbocycles. The van der Waals surface area contributed by atoms with Gasteiger partial charge in [-0.3, -0.25) is 4.79 Å². The third-order valence-electron chi connectivity index (χ3n) is 17.6. The average Bonchev–Trinajstić information content (AvgIpc) is 3.43. The molecule has 0 spiro atoms. The monoisotopic (exact) mass is 1090 g/mol. The lowest BCUT2D eigenvalue weighted by molar-refractivity contribution is -0.132. The van der Waals surface area contributed by atoms with E-state index in [1.54, 1.807) is 0 Å². The van der Waals surface area contributed by atoms with E-state index < -0.39 is 36.9 Å². The maximum atomic E-state index is 12.7. The molecule has 0 saturated carbocycles. The molecule has 0 rings (SSSR count). The van der Waals surface area contributed by atoms with Crippen molar-refractivity contribution in [2.75, 3.05) is 6.61 Å². The van der Waals surface area contributed by atoms with Crippen LogP contribution in [-0.2, 0) is 4.79 Å². The number of unbranched alkanes of at least 4 members (excludes halogenated alkanes) is 59. The van der Waals surface area contributed by atoms with Gasteiger partial charge in [0.15, 0.2) is 0 Å². The van der Waals surface area contributed by atoms with E-state index in [-0.39, 0.29) is 0 Å². The van der Waals surface area contributed by atoms with Crippen LogP contribution in [0.4, 0.5) is 0 Å². The van der Waals surface area contributed by atoms with Crippen LogP contribution in [0.1, 0.15) is 418 Å². The fourth-order valence-corrected chi connectivity index (χ4v) is 12.0. The molecule has 0 aromatic carbocycles. The van der Waals surface area contributed by atoms with Crippen molar-refractivity contribution in [2.24, 2.45) is 0 Å². The van der Waals surface area contributed by atoms with Gasteiger partial charge in [-0.25, -0.2) is 0 Å². The molecule has 77 heavy (non-hydrogen) atoms. The SMILES string of the molecule is CCCCCCCCCCCCCCCCCCCCCCCCCCCCCCCCCCC(O)C(=O)NC(CO)C(O)C(O)CCCCCCCCCCCCCCCCCCCCCCCCCCCCCCC. The summed E-state index contributed by atoms with van der Waals surface area (Å²) in [7, 11) is 0. The number of amides is 1. The Morgan fingerprint density at radius 2 is 0.442 bits per heavy atom. The Balaban J connectivity index is 3.49. The topological polar surface area (TPSA) is 110 Å². The first-order chi connectivity index (χ1) is 38.0. The minimum Gasteiger partial charge on any atom is -0.394 e. The molecule has 0 bridgehead atoms. The summed E-state index contributed by atoms with van der Waals surface area (Å²) in [4.78, 5) is 12.7. The number of nitrogens with one attached hydrogen (secondary N) is 1. The summed E-state index contributed by atoms with van der Waals surface area (Å²) in [6.45, 7) is 4.12. The lowest BCUT2D eigenvalue weighted by Gasteiger charge is -2.27. The van der Waals surface area contributed by atoms with Crippen molar-refractivity contribution in [3.8, 4) is 0 Å². The number of carbonyl (C=O) groups is 1. The molecule has 0 heterocycles. The van der Waals surface area contributed by atoms with Crippen molar-refractivity contribution in [3.05, 3.63) is 0 Å². The molecular weight excluding hydrogens is 947 g/mol. The summed E-state index contributed by atoms with van der Waals surface area (Å²) in [5, 5.41) is 44.3. The smallest absolute Gasteiger partial charge is 0.249 e. The fraction of sp³-hybridized carbons (Fsp3) is 0.986. The van der Waals surface area contributed by atoms with Gasteiger partial charge in [-0.15, -0.1) is 0 Å². The second-order valence-corrected chi connectivity index (χ2v) is 25.3. The molecule has 462 valence electrons. The number of hydrogen-bond acceptors (Lipinski definition) is 5. The van der Waals surface area contributed by atoms with Crippen LogP contribution in [-0.4, -0.2) is 57.3 Å². The van der Waals surface area contributed by atoms with Gasteiger partial charge < -0.3 is 25.7 Å². The Labute approximate surface area is 483 Å². The summed E-state index contributed by atoms with van der Waals surface area (Å²) in [6, 6.07) is -0.982. The Morgan fingerprint density at radius 3 is 0.623 bits per heavy atom. The molecule has 4 atom stereocenters. The minimum absolute atomic E-state index is 0.377.